The van der Waals surface area contributed by atoms with Crippen molar-refractivity contribution in [2.45, 2.75) is 13.8 Å². The minimum absolute atomic E-state index is 0.840. The van der Waals surface area contributed by atoms with Gasteiger partial charge in [-0.25, -0.2) is 0 Å². The molecule has 9 aromatic carbocycles. The lowest BCUT2D eigenvalue weighted by Crippen LogP contribution is -2.13. The highest BCUT2D eigenvalue weighted by Gasteiger charge is 2.24. The zero-order valence-corrected chi connectivity index (χ0v) is 31.9. The molecule has 0 saturated heterocycles. The number of benzene rings is 9. The van der Waals surface area contributed by atoms with Crippen LogP contribution < -0.4 is 9.80 Å². The van der Waals surface area contributed by atoms with Crippen LogP contribution in [0.5, 0.6) is 0 Å². The number of fused-ring (bicyclic) bond motifs is 5. The summed E-state index contributed by atoms with van der Waals surface area (Å²) in [6, 6.07) is 73.6. The van der Waals surface area contributed by atoms with E-state index in [2.05, 4.69) is 230 Å². The molecule has 0 aliphatic rings. The molecular weight excluding hydrogens is 693 g/mol. The molecule has 57 heavy (non-hydrogen) atoms. The molecule has 0 spiro atoms. The van der Waals surface area contributed by atoms with Crippen molar-refractivity contribution in [2.75, 3.05) is 9.80 Å². The average molecular weight is 733 g/mol. The van der Waals surface area contributed by atoms with Crippen molar-refractivity contribution in [1.82, 2.24) is 0 Å². The second-order valence-electron chi connectivity index (χ2n) is 14.7. The standard InChI is InChI=1S/C54H40N2O/c1-37-18-17-24-41(34-37)55(49-30-15-12-25-43(49)39-20-5-3-6-21-39)42-32-33-47-52(35-42)57-53-36-51(45-27-10-11-28-46(45)54(47)53)56(48-29-14-9-19-38(48)2)50-31-16-13-26-44(50)40-22-7-4-8-23-40/h3-36H,1-2H3. The van der Waals surface area contributed by atoms with Gasteiger partial charge in [0.1, 0.15) is 11.2 Å². The summed E-state index contributed by atoms with van der Waals surface area (Å²) < 4.78 is 7.02. The second-order valence-corrected chi connectivity index (χ2v) is 14.7. The van der Waals surface area contributed by atoms with Crippen LogP contribution in [0.4, 0.5) is 34.1 Å². The second kappa shape index (κ2) is 14.4. The maximum absolute atomic E-state index is 7.02. The normalized spacial score (nSPS) is 11.3. The minimum atomic E-state index is 0.840. The molecule has 1 aromatic heterocycles. The minimum Gasteiger partial charge on any atom is -0.456 e. The molecule has 0 aliphatic carbocycles. The van der Waals surface area contributed by atoms with E-state index in [1.807, 2.05) is 0 Å². The van der Waals surface area contributed by atoms with Crippen molar-refractivity contribution in [3.63, 3.8) is 0 Å². The van der Waals surface area contributed by atoms with Crippen molar-refractivity contribution >= 4 is 66.8 Å². The van der Waals surface area contributed by atoms with Crippen LogP contribution in [-0.2, 0) is 0 Å². The van der Waals surface area contributed by atoms with E-state index in [0.29, 0.717) is 0 Å². The van der Waals surface area contributed by atoms with Gasteiger partial charge >= 0.3 is 0 Å². The van der Waals surface area contributed by atoms with E-state index in [1.165, 1.54) is 22.3 Å². The van der Waals surface area contributed by atoms with Gasteiger partial charge in [0.2, 0.25) is 0 Å². The lowest BCUT2D eigenvalue weighted by Gasteiger charge is -2.30. The smallest absolute Gasteiger partial charge is 0.138 e. The Kier molecular flexibility index (Phi) is 8.61. The zero-order chi connectivity index (χ0) is 38.3. The largest absolute Gasteiger partial charge is 0.456 e. The molecule has 3 heteroatoms. The topological polar surface area (TPSA) is 19.6 Å². The number of aryl methyl sites for hydroxylation is 2. The molecule has 272 valence electrons. The monoisotopic (exact) mass is 732 g/mol. The van der Waals surface area contributed by atoms with Crippen LogP contribution in [0.1, 0.15) is 11.1 Å². The van der Waals surface area contributed by atoms with Gasteiger partial charge in [-0.3, -0.25) is 0 Å². The summed E-state index contributed by atoms with van der Waals surface area (Å²) in [4.78, 5) is 4.77. The highest BCUT2D eigenvalue weighted by molar-refractivity contribution is 6.23. The number of rotatable bonds is 8. The van der Waals surface area contributed by atoms with E-state index >= 15 is 0 Å². The van der Waals surface area contributed by atoms with E-state index in [0.717, 1.165) is 78.0 Å². The van der Waals surface area contributed by atoms with Gasteiger partial charge < -0.3 is 14.2 Å². The van der Waals surface area contributed by atoms with Crippen LogP contribution in [0.3, 0.4) is 0 Å². The van der Waals surface area contributed by atoms with Gasteiger partial charge in [-0.15, -0.1) is 0 Å². The molecule has 0 amide bonds. The summed E-state index contributed by atoms with van der Waals surface area (Å²) in [5.41, 5.74) is 15.2. The third kappa shape index (κ3) is 6.11. The molecule has 0 atom stereocenters. The molecule has 0 fully saturated rings. The van der Waals surface area contributed by atoms with Crippen molar-refractivity contribution in [2.24, 2.45) is 0 Å². The molecule has 10 aromatic rings. The molecule has 10 rings (SSSR count). The van der Waals surface area contributed by atoms with Gasteiger partial charge in [0, 0.05) is 56.5 Å². The number of hydrogen-bond donors (Lipinski definition) is 0. The molecule has 0 saturated carbocycles. The Bertz CT molecular complexity index is 3060. The van der Waals surface area contributed by atoms with Gasteiger partial charge in [0.15, 0.2) is 0 Å². The molecular formula is C54H40N2O. The lowest BCUT2D eigenvalue weighted by molar-refractivity contribution is 0.669. The van der Waals surface area contributed by atoms with Gasteiger partial charge in [-0.2, -0.15) is 0 Å². The molecule has 0 N–H and O–H groups in total. The Labute approximate surface area is 333 Å². The maximum Gasteiger partial charge on any atom is 0.138 e. The third-order valence-electron chi connectivity index (χ3n) is 11.0. The first kappa shape index (κ1) is 34.2. The Morgan fingerprint density at radius 1 is 0.351 bits per heavy atom. The van der Waals surface area contributed by atoms with Crippen molar-refractivity contribution < 1.29 is 4.42 Å². The van der Waals surface area contributed by atoms with Crippen molar-refractivity contribution in [3.8, 4) is 22.3 Å². The number of para-hydroxylation sites is 3. The van der Waals surface area contributed by atoms with Crippen LogP contribution in [0.2, 0.25) is 0 Å². The molecule has 3 nitrogen and oxygen atoms in total. The fourth-order valence-corrected chi connectivity index (χ4v) is 8.39. The first-order valence-corrected chi connectivity index (χ1v) is 19.5. The number of nitrogens with zero attached hydrogens (tertiary/aromatic N) is 2. The highest BCUT2D eigenvalue weighted by Crippen LogP contribution is 2.49. The summed E-state index contributed by atoms with van der Waals surface area (Å²) in [6.07, 6.45) is 0. The SMILES string of the molecule is Cc1cccc(N(c2ccc3c(c2)oc2cc(N(c4ccccc4C)c4ccccc4-c4ccccc4)c4ccccc4c23)c2ccccc2-c2ccccc2)c1. The summed E-state index contributed by atoms with van der Waals surface area (Å²) >= 11 is 0. The molecule has 0 unspecified atom stereocenters. The van der Waals surface area contributed by atoms with E-state index in [4.69, 9.17) is 4.42 Å². The number of anilines is 6. The summed E-state index contributed by atoms with van der Waals surface area (Å²) in [5.74, 6) is 0. The predicted octanol–water partition coefficient (Wildman–Crippen LogP) is 15.6. The Morgan fingerprint density at radius 3 is 1.58 bits per heavy atom. The van der Waals surface area contributed by atoms with E-state index in [1.54, 1.807) is 0 Å². The quantitative estimate of drug-likeness (QED) is 0.155. The fraction of sp³-hybridized carbons (Fsp3) is 0.0370. The Morgan fingerprint density at radius 2 is 0.912 bits per heavy atom. The van der Waals surface area contributed by atoms with Crippen molar-refractivity contribution in [3.05, 3.63) is 217 Å². The molecule has 0 aliphatic heterocycles. The number of hydrogen-bond acceptors (Lipinski definition) is 3. The average Bonchev–Trinajstić information content (AvgIpc) is 3.64. The van der Waals surface area contributed by atoms with Crippen LogP contribution in [0, 0.1) is 13.8 Å². The fourth-order valence-electron chi connectivity index (χ4n) is 8.39. The van der Waals surface area contributed by atoms with Crippen molar-refractivity contribution in [1.29, 1.82) is 0 Å². The first-order valence-electron chi connectivity index (χ1n) is 19.5. The van der Waals surface area contributed by atoms with Gasteiger partial charge in [-0.1, -0.05) is 152 Å². The Balaban J connectivity index is 1.21. The molecule has 0 radical (unpaired) electrons. The van der Waals surface area contributed by atoms with Gasteiger partial charge in [0.25, 0.3) is 0 Å². The third-order valence-corrected chi connectivity index (χ3v) is 11.0. The van der Waals surface area contributed by atoms with Crippen LogP contribution >= 0.6 is 0 Å². The first-order chi connectivity index (χ1) is 28.1. The van der Waals surface area contributed by atoms with Gasteiger partial charge in [0.05, 0.1) is 17.1 Å². The summed E-state index contributed by atoms with van der Waals surface area (Å²) in [5, 5.41) is 4.51. The van der Waals surface area contributed by atoms with Gasteiger partial charge in [-0.05, 0) is 84.0 Å². The zero-order valence-electron chi connectivity index (χ0n) is 31.9. The van der Waals surface area contributed by atoms with E-state index < -0.39 is 0 Å². The van der Waals surface area contributed by atoms with Crippen LogP contribution in [0.15, 0.2) is 211 Å². The Hall–Kier alpha value is -7.36. The lowest BCUT2D eigenvalue weighted by atomic mass is 9.98. The predicted molar refractivity (Wildman–Crippen MR) is 241 cm³/mol. The van der Waals surface area contributed by atoms with E-state index in [-0.39, 0.29) is 0 Å². The summed E-state index contributed by atoms with van der Waals surface area (Å²) in [6.45, 7) is 4.33. The van der Waals surface area contributed by atoms with Crippen LogP contribution in [-0.4, -0.2) is 0 Å². The number of furan rings is 1. The van der Waals surface area contributed by atoms with E-state index in [9.17, 15) is 0 Å². The highest BCUT2D eigenvalue weighted by atomic mass is 16.3. The molecule has 0 bridgehead atoms. The maximum atomic E-state index is 7.02. The molecule has 1 heterocycles. The van der Waals surface area contributed by atoms with Crippen LogP contribution in [0.25, 0.3) is 55.0 Å². The summed E-state index contributed by atoms with van der Waals surface area (Å²) in [7, 11) is 0.